The van der Waals surface area contributed by atoms with E-state index in [-0.39, 0.29) is 24.8 Å². The van der Waals surface area contributed by atoms with Crippen molar-refractivity contribution in [3.05, 3.63) is 68.7 Å². The largest absolute Gasteiger partial charge is 0.350 e. The molecule has 0 saturated carbocycles. The van der Waals surface area contributed by atoms with Crippen molar-refractivity contribution in [2.75, 3.05) is 0 Å². The lowest BCUT2D eigenvalue weighted by Crippen LogP contribution is -2.52. The van der Waals surface area contributed by atoms with E-state index in [4.69, 9.17) is 23.2 Å². The van der Waals surface area contributed by atoms with Crippen LogP contribution in [0.5, 0.6) is 0 Å². The predicted molar refractivity (Wildman–Crippen MR) is 124 cm³/mol. The second kappa shape index (κ2) is 9.84. The molecule has 0 spiro atoms. The van der Waals surface area contributed by atoms with E-state index in [1.54, 1.807) is 30.0 Å². The summed E-state index contributed by atoms with van der Waals surface area (Å²) in [5.41, 5.74) is 3.56. The van der Waals surface area contributed by atoms with Crippen molar-refractivity contribution in [3.8, 4) is 0 Å². The lowest BCUT2D eigenvalue weighted by Gasteiger charge is -2.32. The molecule has 1 atom stereocenters. The first-order valence-electron chi connectivity index (χ1n) is 9.99. The molecule has 0 fully saturated rings. The van der Waals surface area contributed by atoms with Gasteiger partial charge in [0, 0.05) is 22.1 Å². The molecule has 2 aromatic carbocycles. The van der Waals surface area contributed by atoms with E-state index in [0.29, 0.717) is 10.0 Å². The fraction of sp³-hybridized carbons (Fsp3) is 0.417. The second-order valence-corrected chi connectivity index (χ2v) is 9.61. The Morgan fingerprint density at radius 3 is 2.27 bits per heavy atom. The van der Waals surface area contributed by atoms with Gasteiger partial charge in [0.05, 0.1) is 6.42 Å². The molecule has 2 aromatic rings. The third-order valence-electron chi connectivity index (χ3n) is 4.95. The van der Waals surface area contributed by atoms with Crippen LogP contribution in [0.25, 0.3) is 0 Å². The Balaban J connectivity index is 2.32. The topological polar surface area (TPSA) is 49.4 Å². The normalized spacial score (nSPS) is 12.4. The van der Waals surface area contributed by atoms with Gasteiger partial charge in [0.1, 0.15) is 6.04 Å². The van der Waals surface area contributed by atoms with Gasteiger partial charge in [0.25, 0.3) is 0 Å². The van der Waals surface area contributed by atoms with Crippen molar-refractivity contribution in [3.63, 3.8) is 0 Å². The molecule has 1 N–H and O–H groups in total. The maximum Gasteiger partial charge on any atom is 0.242 e. The molecule has 0 radical (unpaired) electrons. The number of nitrogens with one attached hydrogen (secondary N) is 1. The van der Waals surface area contributed by atoms with Crippen LogP contribution in [-0.4, -0.2) is 28.3 Å². The Hall–Kier alpha value is -2.04. The van der Waals surface area contributed by atoms with Crippen molar-refractivity contribution < 1.29 is 9.59 Å². The minimum Gasteiger partial charge on any atom is -0.350 e. The zero-order chi connectivity index (χ0) is 22.6. The van der Waals surface area contributed by atoms with Crippen LogP contribution < -0.4 is 5.32 Å². The van der Waals surface area contributed by atoms with E-state index in [2.05, 4.69) is 5.32 Å². The van der Waals surface area contributed by atoms with Gasteiger partial charge in [-0.25, -0.2) is 0 Å². The Kier molecular flexibility index (Phi) is 7.95. The maximum atomic E-state index is 13.3. The van der Waals surface area contributed by atoms with Crippen molar-refractivity contribution in [1.82, 2.24) is 10.2 Å². The van der Waals surface area contributed by atoms with Gasteiger partial charge in [0.15, 0.2) is 0 Å². The third-order valence-corrected chi connectivity index (χ3v) is 5.53. The maximum absolute atomic E-state index is 13.3. The molecule has 0 heterocycles. The monoisotopic (exact) mass is 448 g/mol. The summed E-state index contributed by atoms with van der Waals surface area (Å²) in [6.45, 7) is 11.8. The summed E-state index contributed by atoms with van der Waals surface area (Å²) in [6.07, 6.45) is 0.208. The Morgan fingerprint density at radius 1 is 1.03 bits per heavy atom. The highest BCUT2D eigenvalue weighted by molar-refractivity contribution is 6.35. The molecule has 30 heavy (non-hydrogen) atoms. The van der Waals surface area contributed by atoms with Crippen LogP contribution >= 0.6 is 23.2 Å². The molecule has 0 aliphatic heterocycles. The van der Waals surface area contributed by atoms with Gasteiger partial charge in [-0.2, -0.15) is 0 Å². The molecule has 0 saturated heterocycles. The van der Waals surface area contributed by atoms with Crippen molar-refractivity contribution in [1.29, 1.82) is 0 Å². The van der Waals surface area contributed by atoms with Gasteiger partial charge in [0.2, 0.25) is 11.8 Å². The minimum absolute atomic E-state index is 0.138. The summed E-state index contributed by atoms with van der Waals surface area (Å²) in [4.78, 5) is 27.7. The summed E-state index contributed by atoms with van der Waals surface area (Å²) < 4.78 is 0. The van der Waals surface area contributed by atoms with E-state index < -0.39 is 11.6 Å². The van der Waals surface area contributed by atoms with Crippen molar-refractivity contribution in [2.24, 2.45) is 0 Å². The van der Waals surface area contributed by atoms with Crippen molar-refractivity contribution in [2.45, 2.75) is 66.1 Å². The molecule has 4 nitrogen and oxygen atoms in total. The minimum atomic E-state index is -0.657. The quantitative estimate of drug-likeness (QED) is 0.635. The number of carbonyl (C=O) groups is 2. The first-order valence-corrected chi connectivity index (χ1v) is 10.7. The summed E-state index contributed by atoms with van der Waals surface area (Å²) >= 11 is 12.4. The molecule has 0 aromatic heterocycles. The number of benzene rings is 2. The van der Waals surface area contributed by atoms with Gasteiger partial charge < -0.3 is 10.2 Å². The summed E-state index contributed by atoms with van der Waals surface area (Å²) in [7, 11) is 0. The zero-order valence-electron chi connectivity index (χ0n) is 18.5. The molecule has 2 amide bonds. The molecule has 0 aliphatic rings. The van der Waals surface area contributed by atoms with Gasteiger partial charge in [-0.15, -0.1) is 0 Å². The van der Waals surface area contributed by atoms with E-state index in [1.807, 2.05) is 52.8 Å². The Labute approximate surface area is 189 Å². The van der Waals surface area contributed by atoms with Gasteiger partial charge in [-0.05, 0) is 75.9 Å². The molecule has 162 valence electrons. The number of hydrogen-bond acceptors (Lipinski definition) is 2. The first-order chi connectivity index (χ1) is 13.9. The lowest BCUT2D eigenvalue weighted by atomic mass is 10.0. The molecule has 0 bridgehead atoms. The zero-order valence-corrected chi connectivity index (χ0v) is 20.0. The van der Waals surface area contributed by atoms with E-state index in [1.165, 1.54) is 5.56 Å². The van der Waals surface area contributed by atoms with Crippen LogP contribution in [-0.2, 0) is 22.6 Å². The van der Waals surface area contributed by atoms with Crippen LogP contribution in [0.1, 0.15) is 49.9 Å². The average Bonchev–Trinajstić information content (AvgIpc) is 2.62. The highest BCUT2D eigenvalue weighted by Crippen LogP contribution is 2.24. The highest BCUT2D eigenvalue weighted by Gasteiger charge is 2.29. The molecule has 2 rings (SSSR count). The molecular formula is C24H30Cl2N2O2. The fourth-order valence-corrected chi connectivity index (χ4v) is 3.55. The predicted octanol–water partition coefficient (Wildman–Crippen LogP) is 5.48. The Bertz CT molecular complexity index is 935. The summed E-state index contributed by atoms with van der Waals surface area (Å²) in [5, 5.41) is 3.95. The first kappa shape index (κ1) is 24.2. The van der Waals surface area contributed by atoms with Gasteiger partial charge >= 0.3 is 0 Å². The van der Waals surface area contributed by atoms with Crippen LogP contribution in [0.2, 0.25) is 10.0 Å². The van der Waals surface area contributed by atoms with Crippen LogP contribution in [0.3, 0.4) is 0 Å². The average molecular weight is 449 g/mol. The van der Waals surface area contributed by atoms with E-state index >= 15 is 0 Å². The SMILES string of the molecule is Cc1ccc(CC(=O)N(Cc2ccc(Cl)cc2Cl)[C@@H](C)C(=O)NC(C)(C)C)cc1C. The third kappa shape index (κ3) is 6.75. The molecular weight excluding hydrogens is 419 g/mol. The molecule has 6 heteroatoms. The van der Waals surface area contributed by atoms with Crippen LogP contribution in [0.4, 0.5) is 0 Å². The summed E-state index contributed by atoms with van der Waals surface area (Å²) in [5.74, 6) is -0.346. The van der Waals surface area contributed by atoms with Crippen LogP contribution in [0, 0.1) is 13.8 Å². The summed E-state index contributed by atoms with van der Waals surface area (Å²) in [6, 6.07) is 10.5. The molecule has 0 unspecified atom stereocenters. The second-order valence-electron chi connectivity index (χ2n) is 8.77. The number of amides is 2. The molecule has 0 aliphatic carbocycles. The lowest BCUT2D eigenvalue weighted by molar-refractivity contribution is -0.140. The van der Waals surface area contributed by atoms with Crippen molar-refractivity contribution >= 4 is 35.0 Å². The number of rotatable bonds is 6. The highest BCUT2D eigenvalue weighted by atomic mass is 35.5. The number of aryl methyl sites for hydroxylation is 2. The number of nitrogens with zero attached hydrogens (tertiary/aromatic N) is 1. The number of hydrogen-bond donors (Lipinski definition) is 1. The van der Waals surface area contributed by atoms with Crippen LogP contribution in [0.15, 0.2) is 36.4 Å². The number of carbonyl (C=O) groups excluding carboxylic acids is 2. The smallest absolute Gasteiger partial charge is 0.242 e. The standard InChI is InChI=1S/C24H30Cl2N2O2/c1-15-7-8-18(11-16(15)2)12-22(29)28(17(3)23(30)27-24(4,5)6)14-19-9-10-20(25)13-21(19)26/h7-11,13,17H,12,14H2,1-6H3,(H,27,30)/t17-/m0/s1. The number of halogens is 2. The fourth-order valence-electron chi connectivity index (χ4n) is 3.08. The van der Waals surface area contributed by atoms with Gasteiger partial charge in [-0.1, -0.05) is 47.5 Å². The Morgan fingerprint density at radius 2 is 1.70 bits per heavy atom. The van der Waals surface area contributed by atoms with E-state index in [9.17, 15) is 9.59 Å². The van der Waals surface area contributed by atoms with Gasteiger partial charge in [-0.3, -0.25) is 9.59 Å². The van der Waals surface area contributed by atoms with E-state index in [0.717, 1.165) is 16.7 Å².